The smallest absolute Gasteiger partial charge is 0.159 e. The normalized spacial score (nSPS) is 9.80. The summed E-state index contributed by atoms with van der Waals surface area (Å²) in [7, 11) is 0.249. The molecule has 246 valence electrons. The maximum atomic E-state index is 11.7. The molecule has 0 amide bonds. The fourth-order valence-corrected chi connectivity index (χ4v) is 4.26. The van der Waals surface area contributed by atoms with Gasteiger partial charge in [-0.3, -0.25) is 15.2 Å². The van der Waals surface area contributed by atoms with Crippen LogP contribution in [0.4, 0.5) is 0 Å². The Hall–Kier alpha value is -4.47. The van der Waals surface area contributed by atoms with Crippen LogP contribution in [0.2, 0.25) is 0 Å². The van der Waals surface area contributed by atoms with E-state index in [1.165, 1.54) is 5.56 Å². The number of ketones is 1. The van der Waals surface area contributed by atoms with Crippen LogP contribution in [0.3, 0.4) is 0 Å². The Balaban J connectivity index is 0.000000482. The number of nitrogens with zero attached hydrogens (tertiary/aromatic N) is 3. The minimum atomic E-state index is 0.0250. The van der Waals surface area contributed by atoms with Gasteiger partial charge in [0, 0.05) is 30.1 Å². The van der Waals surface area contributed by atoms with E-state index in [0.29, 0.717) is 11.8 Å². The number of imidazole rings is 1. The number of carbonyl (C=O) groups is 1. The first-order valence-corrected chi connectivity index (χ1v) is 16.3. The number of nitrogens with one attached hydrogen (secondary N) is 1. The summed E-state index contributed by atoms with van der Waals surface area (Å²) in [5.74, 6) is 2.36. The summed E-state index contributed by atoms with van der Waals surface area (Å²) in [4.78, 5) is 20.4. The summed E-state index contributed by atoms with van der Waals surface area (Å²) in [6.45, 7) is 8.50. The second-order valence-electron chi connectivity index (χ2n) is 9.41. The van der Waals surface area contributed by atoms with Crippen molar-refractivity contribution in [3.8, 4) is 22.9 Å². The average Bonchev–Trinajstić information content (AvgIpc) is 3.44. The van der Waals surface area contributed by atoms with E-state index in [9.17, 15) is 4.79 Å². The number of carbonyl (C=O) groups excluding carboxylic acids is 1. The number of rotatable bonds is 8. The summed E-state index contributed by atoms with van der Waals surface area (Å²) in [6, 6.07) is 27.2. The molecule has 0 saturated heterocycles. The molecule has 1 unspecified atom stereocenters. The monoisotopic (exact) mass is 645 g/mol. The molecular formula is C35H48N7O3P. The van der Waals surface area contributed by atoms with Gasteiger partial charge in [-0.15, -0.1) is 0 Å². The lowest BCUT2D eigenvalue weighted by molar-refractivity contribution is 0.101. The number of fused-ring (bicyclic) bond motifs is 1. The molecule has 5 aromatic rings. The van der Waals surface area contributed by atoms with Gasteiger partial charge in [0.2, 0.25) is 0 Å². The van der Waals surface area contributed by atoms with Crippen molar-refractivity contribution < 1.29 is 14.6 Å². The summed E-state index contributed by atoms with van der Waals surface area (Å²) in [5.41, 5.74) is 20.0. The first kappa shape index (κ1) is 39.6. The van der Waals surface area contributed by atoms with Crippen molar-refractivity contribution in [1.82, 2.24) is 14.5 Å². The summed E-state index contributed by atoms with van der Waals surface area (Å²) in [6.07, 6.45) is 7.25. The third-order valence-electron chi connectivity index (χ3n) is 5.92. The van der Waals surface area contributed by atoms with Gasteiger partial charge < -0.3 is 31.4 Å². The number of ether oxygens (including phenoxy) is 1. The Bertz CT molecular complexity index is 1550. The number of Topliss-reactive ketones (excluding diaryl/α,β-unsaturated/α-hetero) is 1. The van der Waals surface area contributed by atoms with Crippen LogP contribution < -0.4 is 21.7 Å². The van der Waals surface area contributed by atoms with Crippen molar-refractivity contribution in [3.05, 3.63) is 108 Å². The molecule has 0 spiro atoms. The van der Waals surface area contributed by atoms with E-state index in [-0.39, 0.29) is 21.1 Å². The number of aliphatic hydroxyl groups is 1. The standard InChI is InChI=1S/C22H20N3O2P.C7H9N.C3H9N.C2H6O.CH4N2/c1-15(26)16-10-11-21-20(13-16)24-22(25(21)14-28-23)17-6-5-9-19(12-17)27-18-7-3-2-4-8-18;1-2-7-3-5-8-6-4-7;1-2-3-4;1-2-3;2-1-3/h2-13,28H,14,23H2,1H3;3-6H,2H2,1H3;2-4H2,1H3;3H,2H2,1H3;1H,(H3,2,3). The van der Waals surface area contributed by atoms with E-state index in [0.717, 1.165) is 59.6 Å². The minimum Gasteiger partial charge on any atom is -0.457 e. The summed E-state index contributed by atoms with van der Waals surface area (Å²) >= 11 is 0. The lowest BCUT2D eigenvalue weighted by Crippen LogP contribution is -1.99. The molecule has 8 N–H and O–H groups in total. The Morgan fingerprint density at radius 2 is 1.59 bits per heavy atom. The number of nitrogens with two attached hydrogens (primary N) is 3. The van der Waals surface area contributed by atoms with Gasteiger partial charge >= 0.3 is 0 Å². The van der Waals surface area contributed by atoms with E-state index in [2.05, 4.69) is 29.1 Å². The molecule has 3 aromatic carbocycles. The van der Waals surface area contributed by atoms with Crippen molar-refractivity contribution >= 4 is 31.9 Å². The summed E-state index contributed by atoms with van der Waals surface area (Å²) < 4.78 is 8.06. The predicted molar refractivity (Wildman–Crippen MR) is 193 cm³/mol. The van der Waals surface area contributed by atoms with Crippen LogP contribution in [0, 0.1) is 5.41 Å². The van der Waals surface area contributed by atoms with E-state index in [4.69, 9.17) is 31.5 Å². The van der Waals surface area contributed by atoms with Gasteiger partial charge in [0.25, 0.3) is 0 Å². The number of benzene rings is 3. The first-order valence-electron chi connectivity index (χ1n) is 15.0. The van der Waals surface area contributed by atoms with Gasteiger partial charge in [-0.2, -0.15) is 0 Å². The van der Waals surface area contributed by atoms with E-state index < -0.39 is 0 Å². The Morgan fingerprint density at radius 1 is 0.978 bits per heavy atom. The zero-order valence-corrected chi connectivity index (χ0v) is 28.2. The van der Waals surface area contributed by atoms with Gasteiger partial charge in [-0.1, -0.05) is 44.2 Å². The SMILES string of the molecule is CC(=O)c1ccc2c(c1)nc(-c1cccc(Oc3ccccc3)c1)n2CPN.CCCN.CCO.CCc1ccncc1.N=CN. The van der Waals surface area contributed by atoms with Gasteiger partial charge in [0.15, 0.2) is 5.78 Å². The number of aromatic nitrogens is 3. The number of para-hydroxylation sites is 1. The highest BCUT2D eigenvalue weighted by Gasteiger charge is 2.14. The lowest BCUT2D eigenvalue weighted by atomic mass is 10.1. The van der Waals surface area contributed by atoms with Gasteiger partial charge in [-0.25, -0.2) is 4.98 Å². The van der Waals surface area contributed by atoms with Crippen molar-refractivity contribution in [1.29, 1.82) is 5.41 Å². The molecule has 46 heavy (non-hydrogen) atoms. The molecule has 0 aliphatic carbocycles. The number of aliphatic hydroxyl groups excluding tert-OH is 1. The van der Waals surface area contributed by atoms with Crippen LogP contribution in [0.5, 0.6) is 11.5 Å². The number of aryl methyl sites for hydroxylation is 1. The van der Waals surface area contributed by atoms with Gasteiger partial charge in [0.1, 0.15) is 17.3 Å². The fraction of sp³-hybridized carbons (Fsp3) is 0.257. The van der Waals surface area contributed by atoms with Crippen LogP contribution >= 0.6 is 8.73 Å². The van der Waals surface area contributed by atoms with Crippen molar-refractivity contribution in [3.63, 3.8) is 0 Å². The summed E-state index contributed by atoms with van der Waals surface area (Å²) in [5, 5.41) is 13.4. The Labute approximate surface area is 274 Å². The highest BCUT2D eigenvalue weighted by molar-refractivity contribution is 7.33. The van der Waals surface area contributed by atoms with Crippen LogP contribution in [-0.4, -0.2) is 44.9 Å². The molecule has 5 rings (SSSR count). The second kappa shape index (κ2) is 23.9. The molecule has 10 nitrogen and oxygen atoms in total. The number of hydrogen-bond donors (Lipinski definition) is 5. The third-order valence-corrected chi connectivity index (χ3v) is 6.42. The zero-order chi connectivity index (χ0) is 34.2. The van der Waals surface area contributed by atoms with Crippen molar-refractivity contribution in [2.75, 3.05) is 13.2 Å². The predicted octanol–water partition coefficient (Wildman–Crippen LogP) is 6.76. The van der Waals surface area contributed by atoms with E-state index >= 15 is 0 Å². The molecular weight excluding hydrogens is 597 g/mol. The zero-order valence-electron chi connectivity index (χ0n) is 27.2. The van der Waals surface area contributed by atoms with E-state index in [1.807, 2.05) is 97.3 Å². The van der Waals surface area contributed by atoms with Gasteiger partial charge in [-0.05, 0) is 102 Å². The fourth-order valence-electron chi connectivity index (χ4n) is 3.76. The van der Waals surface area contributed by atoms with Crippen molar-refractivity contribution in [2.24, 2.45) is 17.0 Å². The van der Waals surface area contributed by atoms with Crippen LogP contribution in [0.25, 0.3) is 22.4 Å². The van der Waals surface area contributed by atoms with Gasteiger partial charge in [0.05, 0.1) is 23.7 Å². The molecule has 0 aliphatic heterocycles. The molecule has 0 bridgehead atoms. The second-order valence-corrected chi connectivity index (χ2v) is 10.1. The maximum absolute atomic E-state index is 11.7. The van der Waals surface area contributed by atoms with Crippen molar-refractivity contribution in [2.45, 2.75) is 46.8 Å². The number of pyridine rings is 1. The highest BCUT2D eigenvalue weighted by atomic mass is 31.1. The lowest BCUT2D eigenvalue weighted by Gasteiger charge is -2.10. The van der Waals surface area contributed by atoms with Crippen LogP contribution in [0.15, 0.2) is 97.3 Å². The minimum absolute atomic E-state index is 0.0250. The highest BCUT2D eigenvalue weighted by Crippen LogP contribution is 2.31. The maximum Gasteiger partial charge on any atom is 0.159 e. The molecule has 1 atom stereocenters. The Morgan fingerprint density at radius 3 is 2.11 bits per heavy atom. The topological polar surface area (TPSA) is 179 Å². The molecule has 0 fully saturated rings. The van der Waals surface area contributed by atoms with Crippen LogP contribution in [-0.2, 0) is 12.7 Å². The molecule has 11 heteroatoms. The first-order chi connectivity index (χ1) is 22.3. The third kappa shape index (κ3) is 14.1. The molecule has 2 aromatic heterocycles. The largest absolute Gasteiger partial charge is 0.457 e. The molecule has 2 heterocycles. The Kier molecular flexibility index (Phi) is 20.5. The number of hydrogen-bond acceptors (Lipinski definition) is 8. The quantitative estimate of drug-likeness (QED) is 0.0531. The molecule has 0 aliphatic rings. The average molecular weight is 646 g/mol. The van der Waals surface area contributed by atoms with Crippen LogP contribution in [0.1, 0.15) is 50.0 Å². The molecule has 0 saturated carbocycles. The van der Waals surface area contributed by atoms with E-state index in [1.54, 1.807) is 13.8 Å². The molecule has 0 radical (unpaired) electrons.